The minimum atomic E-state index is 0.00926. The molecule has 2 amide bonds. The van der Waals surface area contributed by atoms with Gasteiger partial charge in [-0.05, 0) is 19.8 Å². The molecule has 0 bridgehead atoms. The molecule has 6 heteroatoms. The summed E-state index contributed by atoms with van der Waals surface area (Å²) in [6, 6.07) is 9.92. The van der Waals surface area contributed by atoms with Gasteiger partial charge < -0.3 is 10.2 Å². The number of aromatic nitrogens is 3. The van der Waals surface area contributed by atoms with E-state index in [1.807, 2.05) is 42.2 Å². The maximum Gasteiger partial charge on any atom is 0.317 e. The highest BCUT2D eigenvalue weighted by molar-refractivity contribution is 5.74. The van der Waals surface area contributed by atoms with Gasteiger partial charge in [0.05, 0.1) is 0 Å². The number of benzene rings is 1. The summed E-state index contributed by atoms with van der Waals surface area (Å²) >= 11 is 0. The van der Waals surface area contributed by atoms with E-state index in [4.69, 9.17) is 0 Å². The molecule has 0 radical (unpaired) electrons. The molecule has 1 aliphatic heterocycles. The number of piperidine rings is 1. The number of H-pyrrole nitrogens is 1. The Hall–Kier alpha value is -2.37. The minimum Gasteiger partial charge on any atom is -0.338 e. The summed E-state index contributed by atoms with van der Waals surface area (Å²) in [4.78, 5) is 18.5. The Morgan fingerprint density at radius 2 is 2.23 bits per heavy atom. The van der Waals surface area contributed by atoms with Crippen LogP contribution in [0.2, 0.25) is 0 Å². The van der Waals surface area contributed by atoms with Gasteiger partial charge in [0.25, 0.3) is 0 Å². The van der Waals surface area contributed by atoms with Gasteiger partial charge in [0.2, 0.25) is 0 Å². The van der Waals surface area contributed by atoms with E-state index in [0.717, 1.165) is 30.8 Å². The van der Waals surface area contributed by atoms with Crippen LogP contribution in [0, 0.1) is 0 Å². The van der Waals surface area contributed by atoms with Gasteiger partial charge in [-0.2, -0.15) is 5.10 Å². The van der Waals surface area contributed by atoms with Gasteiger partial charge in [0, 0.05) is 31.1 Å². The van der Waals surface area contributed by atoms with Gasteiger partial charge in [0.1, 0.15) is 5.82 Å². The smallest absolute Gasteiger partial charge is 0.317 e. The lowest BCUT2D eigenvalue weighted by Gasteiger charge is -2.31. The lowest BCUT2D eigenvalue weighted by molar-refractivity contribution is 0.179. The van der Waals surface area contributed by atoms with Gasteiger partial charge in [-0.3, -0.25) is 5.10 Å². The summed E-state index contributed by atoms with van der Waals surface area (Å²) in [6.45, 7) is 4.08. The third-order valence-electron chi connectivity index (χ3n) is 3.96. The fourth-order valence-electron chi connectivity index (χ4n) is 2.82. The number of carbonyl (C=O) groups is 1. The van der Waals surface area contributed by atoms with Crippen LogP contribution in [0.4, 0.5) is 4.79 Å². The van der Waals surface area contributed by atoms with Crippen molar-refractivity contribution in [1.82, 2.24) is 25.4 Å². The Morgan fingerprint density at radius 1 is 1.41 bits per heavy atom. The first kappa shape index (κ1) is 14.6. The fraction of sp³-hybridized carbons (Fsp3) is 0.438. The van der Waals surface area contributed by atoms with Crippen LogP contribution in [0.25, 0.3) is 11.4 Å². The zero-order valence-corrected chi connectivity index (χ0v) is 12.7. The second-order valence-electron chi connectivity index (χ2n) is 5.53. The Balaban J connectivity index is 1.72. The largest absolute Gasteiger partial charge is 0.338 e. The Morgan fingerprint density at radius 3 is 3.00 bits per heavy atom. The summed E-state index contributed by atoms with van der Waals surface area (Å²) in [6.07, 6.45) is 2.02. The number of hydrogen-bond acceptors (Lipinski definition) is 3. The Kier molecular flexibility index (Phi) is 4.37. The maximum absolute atomic E-state index is 12.0. The lowest BCUT2D eigenvalue weighted by Crippen LogP contribution is -2.45. The average Bonchev–Trinajstić information content (AvgIpc) is 3.06. The third kappa shape index (κ3) is 3.10. The summed E-state index contributed by atoms with van der Waals surface area (Å²) in [5, 5.41) is 10.2. The van der Waals surface area contributed by atoms with Crippen molar-refractivity contribution >= 4 is 6.03 Å². The van der Waals surface area contributed by atoms with E-state index in [-0.39, 0.29) is 11.9 Å². The lowest BCUT2D eigenvalue weighted by atomic mass is 9.97. The number of nitrogens with zero attached hydrogens (tertiary/aromatic N) is 3. The fourth-order valence-corrected chi connectivity index (χ4v) is 2.82. The highest BCUT2D eigenvalue weighted by Crippen LogP contribution is 2.26. The van der Waals surface area contributed by atoms with E-state index in [9.17, 15) is 4.79 Å². The van der Waals surface area contributed by atoms with Crippen LogP contribution in [0.15, 0.2) is 30.3 Å². The van der Waals surface area contributed by atoms with Crippen LogP contribution in [-0.4, -0.2) is 45.7 Å². The van der Waals surface area contributed by atoms with Crippen LogP contribution >= 0.6 is 0 Å². The predicted octanol–water partition coefficient (Wildman–Crippen LogP) is 2.38. The molecule has 1 aromatic heterocycles. The zero-order chi connectivity index (χ0) is 15.4. The highest BCUT2D eigenvalue weighted by atomic mass is 16.2. The highest BCUT2D eigenvalue weighted by Gasteiger charge is 2.26. The van der Waals surface area contributed by atoms with Crippen molar-refractivity contribution in [2.75, 3.05) is 19.6 Å². The molecule has 1 saturated heterocycles. The van der Waals surface area contributed by atoms with Gasteiger partial charge in [-0.15, -0.1) is 0 Å². The maximum atomic E-state index is 12.0. The third-order valence-corrected chi connectivity index (χ3v) is 3.96. The number of aromatic amines is 1. The number of nitrogens with one attached hydrogen (secondary N) is 2. The van der Waals surface area contributed by atoms with E-state index >= 15 is 0 Å². The molecule has 1 aromatic carbocycles. The van der Waals surface area contributed by atoms with Crippen LogP contribution in [-0.2, 0) is 0 Å². The molecule has 2 N–H and O–H groups in total. The van der Waals surface area contributed by atoms with Crippen molar-refractivity contribution in [2.45, 2.75) is 25.7 Å². The molecule has 116 valence electrons. The van der Waals surface area contributed by atoms with Gasteiger partial charge in [-0.25, -0.2) is 9.78 Å². The molecule has 0 saturated carbocycles. The molecule has 6 nitrogen and oxygen atoms in total. The number of amides is 2. The van der Waals surface area contributed by atoms with Crippen molar-refractivity contribution < 1.29 is 4.79 Å². The Labute approximate surface area is 129 Å². The molecular formula is C16H21N5O. The van der Waals surface area contributed by atoms with Crippen molar-refractivity contribution in [3.8, 4) is 11.4 Å². The molecular weight excluding hydrogens is 278 g/mol. The predicted molar refractivity (Wildman–Crippen MR) is 84.4 cm³/mol. The van der Waals surface area contributed by atoms with Gasteiger partial charge in [0.15, 0.2) is 5.82 Å². The molecule has 1 aliphatic rings. The van der Waals surface area contributed by atoms with E-state index in [1.165, 1.54) is 0 Å². The van der Waals surface area contributed by atoms with Crippen LogP contribution in [0.1, 0.15) is 31.5 Å². The second-order valence-corrected chi connectivity index (χ2v) is 5.53. The minimum absolute atomic E-state index is 0.00926. The molecule has 0 spiro atoms. The van der Waals surface area contributed by atoms with Crippen molar-refractivity contribution in [3.05, 3.63) is 36.2 Å². The van der Waals surface area contributed by atoms with E-state index < -0.39 is 0 Å². The van der Waals surface area contributed by atoms with Crippen LogP contribution in [0.5, 0.6) is 0 Å². The number of likely N-dealkylation sites (tertiary alicyclic amines) is 1. The van der Waals surface area contributed by atoms with Gasteiger partial charge in [-0.1, -0.05) is 30.3 Å². The summed E-state index contributed by atoms with van der Waals surface area (Å²) < 4.78 is 0. The number of carbonyl (C=O) groups excluding carboxylic acids is 1. The Bertz CT molecular complexity index is 624. The molecule has 1 atom stereocenters. The molecule has 2 heterocycles. The van der Waals surface area contributed by atoms with Crippen molar-refractivity contribution in [3.63, 3.8) is 0 Å². The first-order valence-electron chi connectivity index (χ1n) is 7.78. The van der Waals surface area contributed by atoms with Crippen molar-refractivity contribution in [2.24, 2.45) is 0 Å². The summed E-state index contributed by atoms with van der Waals surface area (Å²) in [7, 11) is 0. The first-order chi connectivity index (χ1) is 10.8. The van der Waals surface area contributed by atoms with E-state index in [2.05, 4.69) is 20.5 Å². The summed E-state index contributed by atoms with van der Waals surface area (Å²) in [5.74, 6) is 1.81. The van der Waals surface area contributed by atoms with Gasteiger partial charge >= 0.3 is 6.03 Å². The van der Waals surface area contributed by atoms with Crippen molar-refractivity contribution in [1.29, 1.82) is 0 Å². The normalized spacial score (nSPS) is 18.2. The second kappa shape index (κ2) is 6.60. The van der Waals surface area contributed by atoms with E-state index in [0.29, 0.717) is 18.9 Å². The number of urea groups is 1. The molecule has 3 rings (SSSR count). The zero-order valence-electron chi connectivity index (χ0n) is 12.7. The molecule has 0 unspecified atom stereocenters. The number of hydrogen-bond donors (Lipinski definition) is 2. The molecule has 1 fully saturated rings. The first-order valence-corrected chi connectivity index (χ1v) is 7.78. The quantitative estimate of drug-likeness (QED) is 0.914. The average molecular weight is 299 g/mol. The van der Waals surface area contributed by atoms with E-state index in [1.54, 1.807) is 0 Å². The molecule has 2 aromatic rings. The molecule has 0 aliphatic carbocycles. The van der Waals surface area contributed by atoms with Crippen LogP contribution in [0.3, 0.4) is 0 Å². The summed E-state index contributed by atoms with van der Waals surface area (Å²) in [5.41, 5.74) is 1.00. The molecule has 22 heavy (non-hydrogen) atoms. The monoisotopic (exact) mass is 299 g/mol. The standard InChI is InChI=1S/C16H21N5O/c1-2-17-16(22)21-10-6-9-13(11-21)15-18-14(19-20-15)12-7-4-3-5-8-12/h3-5,7-8,13H,2,6,9-11H2,1H3,(H,17,22)(H,18,19,20)/t13-/m1/s1. The topological polar surface area (TPSA) is 73.9 Å². The SMILES string of the molecule is CCNC(=O)N1CCC[C@@H](c2nc(-c3ccccc3)n[nH]2)C1. The van der Waals surface area contributed by atoms with Crippen LogP contribution < -0.4 is 5.32 Å². The number of rotatable bonds is 3.